The highest BCUT2D eigenvalue weighted by Crippen LogP contribution is 2.14. The average Bonchev–Trinajstić information content (AvgIpc) is 2.37. The molecule has 0 aromatic heterocycles. The highest BCUT2D eigenvalue weighted by molar-refractivity contribution is 6.34. The molecule has 0 N–H and O–H groups in total. The average molecular weight is 254 g/mol. The molecular formula is C13H22N2O3. The molecule has 2 unspecified atom stereocenters. The van der Waals surface area contributed by atoms with Crippen LogP contribution in [0.15, 0.2) is 0 Å². The monoisotopic (exact) mass is 254 g/mol. The first-order valence-electron chi connectivity index (χ1n) is 6.81. The van der Waals surface area contributed by atoms with E-state index in [0.29, 0.717) is 13.1 Å². The molecule has 2 rings (SSSR count). The number of hydrogen-bond donors (Lipinski definition) is 0. The summed E-state index contributed by atoms with van der Waals surface area (Å²) < 4.78 is 5.57. The molecule has 5 heteroatoms. The van der Waals surface area contributed by atoms with Crippen LogP contribution in [0.1, 0.15) is 33.1 Å². The summed E-state index contributed by atoms with van der Waals surface area (Å²) >= 11 is 0. The molecule has 0 aliphatic carbocycles. The lowest BCUT2D eigenvalue weighted by Crippen LogP contribution is -2.53. The smallest absolute Gasteiger partial charge is 0.312 e. The zero-order chi connectivity index (χ0) is 13.1. The zero-order valence-electron chi connectivity index (χ0n) is 11.2. The van der Waals surface area contributed by atoms with Crippen molar-refractivity contribution in [2.24, 2.45) is 0 Å². The number of carbonyl (C=O) groups excluding carboxylic acids is 2. The van der Waals surface area contributed by atoms with Gasteiger partial charge < -0.3 is 14.5 Å². The molecule has 2 atom stereocenters. The Bertz CT molecular complexity index is 316. The molecule has 18 heavy (non-hydrogen) atoms. The number of likely N-dealkylation sites (tertiary alicyclic amines) is 1. The van der Waals surface area contributed by atoms with E-state index >= 15 is 0 Å². The van der Waals surface area contributed by atoms with E-state index < -0.39 is 0 Å². The Labute approximate surface area is 108 Å². The Kier molecular flexibility index (Phi) is 4.22. The molecule has 2 aliphatic heterocycles. The summed E-state index contributed by atoms with van der Waals surface area (Å²) in [6, 6.07) is 0. The van der Waals surface area contributed by atoms with Crippen LogP contribution < -0.4 is 0 Å². The second-order valence-electron chi connectivity index (χ2n) is 5.32. The van der Waals surface area contributed by atoms with Gasteiger partial charge in [-0.05, 0) is 33.1 Å². The van der Waals surface area contributed by atoms with Crippen molar-refractivity contribution in [2.45, 2.75) is 45.3 Å². The topological polar surface area (TPSA) is 49.9 Å². The predicted molar refractivity (Wildman–Crippen MR) is 67.0 cm³/mol. The van der Waals surface area contributed by atoms with Gasteiger partial charge in [0.2, 0.25) is 0 Å². The van der Waals surface area contributed by atoms with Gasteiger partial charge in [-0.2, -0.15) is 0 Å². The Morgan fingerprint density at radius 1 is 0.889 bits per heavy atom. The van der Waals surface area contributed by atoms with Gasteiger partial charge in [-0.25, -0.2) is 0 Å². The van der Waals surface area contributed by atoms with Crippen molar-refractivity contribution in [3.05, 3.63) is 0 Å². The molecule has 0 aromatic carbocycles. The summed E-state index contributed by atoms with van der Waals surface area (Å²) in [5.74, 6) is -0.699. The summed E-state index contributed by atoms with van der Waals surface area (Å²) in [7, 11) is 0. The lowest BCUT2D eigenvalue weighted by Gasteiger charge is -2.36. The van der Waals surface area contributed by atoms with Crippen molar-refractivity contribution >= 4 is 11.8 Å². The van der Waals surface area contributed by atoms with E-state index in [1.165, 1.54) is 0 Å². The first kappa shape index (κ1) is 13.3. The molecule has 0 radical (unpaired) electrons. The van der Waals surface area contributed by atoms with Crippen molar-refractivity contribution in [1.82, 2.24) is 9.80 Å². The Morgan fingerprint density at radius 2 is 1.39 bits per heavy atom. The second-order valence-corrected chi connectivity index (χ2v) is 5.32. The Hall–Kier alpha value is -1.10. The van der Waals surface area contributed by atoms with Crippen LogP contribution in [0.3, 0.4) is 0 Å². The maximum Gasteiger partial charge on any atom is 0.312 e. The number of morpholine rings is 1. The van der Waals surface area contributed by atoms with Crippen LogP contribution in [0.4, 0.5) is 0 Å². The summed E-state index contributed by atoms with van der Waals surface area (Å²) in [5, 5.41) is 0. The molecule has 0 spiro atoms. The van der Waals surface area contributed by atoms with Gasteiger partial charge in [0.1, 0.15) is 0 Å². The van der Waals surface area contributed by atoms with E-state index in [1.807, 2.05) is 13.8 Å². The molecule has 2 aliphatic rings. The van der Waals surface area contributed by atoms with E-state index in [0.717, 1.165) is 32.4 Å². The van der Waals surface area contributed by atoms with E-state index in [4.69, 9.17) is 4.74 Å². The lowest BCUT2D eigenvalue weighted by atomic mass is 10.1. The van der Waals surface area contributed by atoms with Gasteiger partial charge in [-0.15, -0.1) is 0 Å². The molecular weight excluding hydrogens is 232 g/mol. The predicted octanol–water partition coefficient (Wildman–Crippen LogP) is 0.635. The fraction of sp³-hybridized carbons (Fsp3) is 0.846. The van der Waals surface area contributed by atoms with Crippen LogP contribution in [-0.4, -0.2) is 60.0 Å². The standard InChI is InChI=1S/C13H22N2O3/c1-10-8-15(9-11(2)18-10)13(17)12(16)14-6-4-3-5-7-14/h10-11H,3-9H2,1-2H3. The molecule has 0 aromatic rings. The second kappa shape index (κ2) is 5.69. The molecule has 2 heterocycles. The maximum atomic E-state index is 12.2. The number of rotatable bonds is 0. The molecule has 0 bridgehead atoms. The zero-order valence-corrected chi connectivity index (χ0v) is 11.2. The van der Waals surface area contributed by atoms with Gasteiger partial charge in [0.25, 0.3) is 0 Å². The fourth-order valence-corrected chi connectivity index (χ4v) is 2.71. The van der Waals surface area contributed by atoms with Crippen LogP contribution in [0.5, 0.6) is 0 Å². The van der Waals surface area contributed by atoms with E-state index in [2.05, 4.69) is 0 Å². The SMILES string of the molecule is CC1CN(C(=O)C(=O)N2CCCCC2)CC(C)O1. The van der Waals surface area contributed by atoms with Crippen molar-refractivity contribution < 1.29 is 14.3 Å². The van der Waals surface area contributed by atoms with Gasteiger partial charge >= 0.3 is 11.8 Å². The minimum atomic E-state index is -0.362. The maximum absolute atomic E-state index is 12.2. The first-order chi connectivity index (χ1) is 8.58. The van der Waals surface area contributed by atoms with Gasteiger partial charge in [0, 0.05) is 26.2 Å². The number of hydrogen-bond acceptors (Lipinski definition) is 3. The Morgan fingerprint density at radius 3 is 1.94 bits per heavy atom. The summed E-state index contributed by atoms with van der Waals surface area (Å²) in [6.45, 7) is 6.34. The number of piperidine rings is 1. The number of carbonyl (C=O) groups is 2. The van der Waals surface area contributed by atoms with Crippen molar-refractivity contribution in [2.75, 3.05) is 26.2 Å². The highest BCUT2D eigenvalue weighted by atomic mass is 16.5. The highest BCUT2D eigenvalue weighted by Gasteiger charge is 2.32. The van der Waals surface area contributed by atoms with Gasteiger partial charge in [-0.1, -0.05) is 0 Å². The van der Waals surface area contributed by atoms with E-state index in [9.17, 15) is 9.59 Å². The lowest BCUT2D eigenvalue weighted by molar-refractivity contribution is -0.158. The number of amides is 2. The largest absolute Gasteiger partial charge is 0.372 e. The van der Waals surface area contributed by atoms with Crippen molar-refractivity contribution in [1.29, 1.82) is 0 Å². The molecule has 2 fully saturated rings. The molecule has 102 valence electrons. The minimum absolute atomic E-state index is 0.00635. The van der Waals surface area contributed by atoms with Crippen LogP contribution in [-0.2, 0) is 14.3 Å². The van der Waals surface area contributed by atoms with Crippen molar-refractivity contribution in [3.8, 4) is 0 Å². The van der Waals surface area contributed by atoms with Gasteiger partial charge in [0.15, 0.2) is 0 Å². The van der Waals surface area contributed by atoms with Gasteiger partial charge in [-0.3, -0.25) is 9.59 Å². The van der Waals surface area contributed by atoms with E-state index in [-0.39, 0.29) is 24.0 Å². The number of nitrogens with zero attached hydrogens (tertiary/aromatic N) is 2. The third-order valence-corrected chi connectivity index (χ3v) is 3.53. The third-order valence-electron chi connectivity index (χ3n) is 3.53. The molecule has 5 nitrogen and oxygen atoms in total. The van der Waals surface area contributed by atoms with Gasteiger partial charge in [0.05, 0.1) is 12.2 Å². The van der Waals surface area contributed by atoms with Crippen LogP contribution in [0.25, 0.3) is 0 Å². The summed E-state index contributed by atoms with van der Waals surface area (Å²) in [5.41, 5.74) is 0. The number of ether oxygens (including phenoxy) is 1. The minimum Gasteiger partial charge on any atom is -0.372 e. The van der Waals surface area contributed by atoms with Crippen LogP contribution in [0.2, 0.25) is 0 Å². The fourth-order valence-electron chi connectivity index (χ4n) is 2.71. The summed E-state index contributed by atoms with van der Waals surface area (Å²) in [4.78, 5) is 27.6. The molecule has 2 saturated heterocycles. The quantitative estimate of drug-likeness (QED) is 0.596. The van der Waals surface area contributed by atoms with Crippen molar-refractivity contribution in [3.63, 3.8) is 0 Å². The summed E-state index contributed by atoms with van der Waals surface area (Å²) in [6.07, 6.45) is 3.19. The van der Waals surface area contributed by atoms with Crippen LogP contribution >= 0.6 is 0 Å². The molecule has 2 amide bonds. The third kappa shape index (κ3) is 3.02. The van der Waals surface area contributed by atoms with Crippen LogP contribution in [0, 0.1) is 0 Å². The van der Waals surface area contributed by atoms with E-state index in [1.54, 1.807) is 9.80 Å². The Balaban J connectivity index is 1.95. The molecule has 0 saturated carbocycles. The first-order valence-corrected chi connectivity index (χ1v) is 6.81. The normalized spacial score (nSPS) is 29.2.